The minimum absolute atomic E-state index is 0.115. The molecule has 0 bridgehead atoms. The molecule has 0 amide bonds. The largest absolute Gasteiger partial charge is 0.494 e. The second kappa shape index (κ2) is 6.23. The molecule has 2 aromatic rings. The van der Waals surface area contributed by atoms with E-state index in [1.165, 1.54) is 0 Å². The highest BCUT2D eigenvalue weighted by atomic mass is 16.5. The highest BCUT2D eigenvalue weighted by molar-refractivity contribution is 5.69. The molecular formula is C15H17NO4. The first kappa shape index (κ1) is 14.1. The standard InChI is InChI=1S/C15H17NO4/c1-10-15(11(2)20-16-10)12-5-3-6-13(9-12)19-8-4-7-14(17)18/h3,5-6,9H,4,7-8H2,1-2H3,(H,17,18). The highest BCUT2D eigenvalue weighted by Gasteiger charge is 2.11. The van der Waals surface area contributed by atoms with Crippen LogP contribution in [0, 0.1) is 13.8 Å². The van der Waals surface area contributed by atoms with E-state index in [9.17, 15) is 4.79 Å². The molecule has 0 aliphatic heterocycles. The molecule has 0 fully saturated rings. The Balaban J connectivity index is 2.07. The van der Waals surface area contributed by atoms with Crippen molar-refractivity contribution in [3.63, 3.8) is 0 Å². The van der Waals surface area contributed by atoms with Crippen LogP contribution in [-0.4, -0.2) is 22.8 Å². The number of rotatable bonds is 6. The van der Waals surface area contributed by atoms with Crippen molar-refractivity contribution in [2.45, 2.75) is 26.7 Å². The van der Waals surface area contributed by atoms with Crippen molar-refractivity contribution in [1.82, 2.24) is 5.16 Å². The molecule has 5 nitrogen and oxygen atoms in total. The van der Waals surface area contributed by atoms with E-state index in [-0.39, 0.29) is 6.42 Å². The van der Waals surface area contributed by atoms with Crippen molar-refractivity contribution in [3.8, 4) is 16.9 Å². The topological polar surface area (TPSA) is 72.6 Å². The van der Waals surface area contributed by atoms with Gasteiger partial charge in [0.05, 0.1) is 12.3 Å². The number of carboxylic acids is 1. The fraction of sp³-hybridized carbons (Fsp3) is 0.333. The maximum absolute atomic E-state index is 10.4. The zero-order chi connectivity index (χ0) is 14.5. The summed E-state index contributed by atoms with van der Waals surface area (Å²) < 4.78 is 10.7. The average Bonchev–Trinajstić information content (AvgIpc) is 2.74. The second-order valence-corrected chi connectivity index (χ2v) is 4.57. The van der Waals surface area contributed by atoms with Gasteiger partial charge < -0.3 is 14.4 Å². The first-order chi connectivity index (χ1) is 9.58. The summed E-state index contributed by atoms with van der Waals surface area (Å²) in [6, 6.07) is 7.63. The fourth-order valence-electron chi connectivity index (χ4n) is 2.05. The van der Waals surface area contributed by atoms with Gasteiger partial charge in [-0.25, -0.2) is 0 Å². The predicted molar refractivity (Wildman–Crippen MR) is 73.8 cm³/mol. The van der Waals surface area contributed by atoms with Gasteiger partial charge in [-0.15, -0.1) is 0 Å². The molecule has 0 spiro atoms. The van der Waals surface area contributed by atoms with E-state index in [1.54, 1.807) is 0 Å². The Morgan fingerprint density at radius 2 is 2.20 bits per heavy atom. The number of carbonyl (C=O) groups is 1. The number of aliphatic carboxylic acids is 1. The van der Waals surface area contributed by atoms with Crippen molar-refractivity contribution >= 4 is 5.97 Å². The summed E-state index contributed by atoms with van der Waals surface area (Å²) in [5, 5.41) is 12.5. The number of aryl methyl sites for hydroxylation is 2. The summed E-state index contributed by atoms with van der Waals surface area (Å²) in [5.41, 5.74) is 2.79. The van der Waals surface area contributed by atoms with Crippen LogP contribution < -0.4 is 4.74 Å². The molecule has 1 aromatic heterocycles. The summed E-state index contributed by atoms with van der Waals surface area (Å²) in [7, 11) is 0. The molecule has 0 radical (unpaired) electrons. The van der Waals surface area contributed by atoms with E-state index in [2.05, 4.69) is 5.16 Å². The molecule has 0 saturated carbocycles. The molecule has 106 valence electrons. The van der Waals surface area contributed by atoms with Crippen LogP contribution in [-0.2, 0) is 4.79 Å². The molecule has 0 atom stereocenters. The van der Waals surface area contributed by atoms with Gasteiger partial charge in [0, 0.05) is 12.0 Å². The number of nitrogens with zero attached hydrogens (tertiary/aromatic N) is 1. The zero-order valence-corrected chi connectivity index (χ0v) is 11.5. The number of aromatic nitrogens is 1. The Morgan fingerprint density at radius 1 is 1.40 bits per heavy atom. The first-order valence-electron chi connectivity index (χ1n) is 6.46. The molecular weight excluding hydrogens is 258 g/mol. The maximum Gasteiger partial charge on any atom is 0.303 e. The molecule has 1 N–H and O–H groups in total. The number of ether oxygens (including phenoxy) is 1. The van der Waals surface area contributed by atoms with Crippen molar-refractivity contribution in [3.05, 3.63) is 35.7 Å². The molecule has 5 heteroatoms. The lowest BCUT2D eigenvalue weighted by molar-refractivity contribution is -0.137. The Kier molecular flexibility index (Phi) is 4.40. The lowest BCUT2D eigenvalue weighted by Gasteiger charge is -2.07. The van der Waals surface area contributed by atoms with E-state index in [0.29, 0.717) is 18.8 Å². The van der Waals surface area contributed by atoms with Crippen molar-refractivity contribution < 1.29 is 19.2 Å². The van der Waals surface area contributed by atoms with Gasteiger partial charge in [0.25, 0.3) is 0 Å². The summed E-state index contributed by atoms with van der Waals surface area (Å²) in [6.45, 7) is 4.15. The third-order valence-corrected chi connectivity index (χ3v) is 2.96. The van der Waals surface area contributed by atoms with Crippen LogP contribution >= 0.6 is 0 Å². The fourth-order valence-corrected chi connectivity index (χ4v) is 2.05. The van der Waals surface area contributed by atoms with Crippen molar-refractivity contribution in [1.29, 1.82) is 0 Å². The van der Waals surface area contributed by atoms with E-state index < -0.39 is 5.97 Å². The maximum atomic E-state index is 10.4. The number of hydrogen-bond acceptors (Lipinski definition) is 4. The van der Waals surface area contributed by atoms with E-state index in [0.717, 1.165) is 22.6 Å². The smallest absolute Gasteiger partial charge is 0.303 e. The second-order valence-electron chi connectivity index (χ2n) is 4.57. The minimum Gasteiger partial charge on any atom is -0.494 e. The summed E-state index contributed by atoms with van der Waals surface area (Å²) in [4.78, 5) is 10.4. The third kappa shape index (κ3) is 3.38. The van der Waals surface area contributed by atoms with Crippen LogP contribution in [0.5, 0.6) is 5.75 Å². The van der Waals surface area contributed by atoms with Crippen LogP contribution in [0.25, 0.3) is 11.1 Å². The van der Waals surface area contributed by atoms with E-state index in [4.69, 9.17) is 14.4 Å². The van der Waals surface area contributed by atoms with Crippen LogP contribution in [0.15, 0.2) is 28.8 Å². The molecule has 0 saturated heterocycles. The number of hydrogen-bond donors (Lipinski definition) is 1. The average molecular weight is 275 g/mol. The van der Waals surface area contributed by atoms with E-state index in [1.807, 2.05) is 38.1 Å². The van der Waals surface area contributed by atoms with Gasteiger partial charge in [0.1, 0.15) is 11.5 Å². The third-order valence-electron chi connectivity index (χ3n) is 2.96. The molecule has 0 unspecified atom stereocenters. The van der Waals surface area contributed by atoms with Gasteiger partial charge >= 0.3 is 5.97 Å². The van der Waals surface area contributed by atoms with Gasteiger partial charge in [-0.1, -0.05) is 17.3 Å². The first-order valence-corrected chi connectivity index (χ1v) is 6.46. The Hall–Kier alpha value is -2.30. The van der Waals surface area contributed by atoms with Gasteiger partial charge in [0.2, 0.25) is 0 Å². The Bertz CT molecular complexity index is 584. The minimum atomic E-state index is -0.807. The number of carboxylic acid groups (broad SMARTS) is 1. The van der Waals surface area contributed by atoms with Crippen molar-refractivity contribution in [2.24, 2.45) is 0 Å². The molecule has 2 rings (SSSR count). The van der Waals surface area contributed by atoms with Crippen LogP contribution in [0.3, 0.4) is 0 Å². The summed E-state index contributed by atoms with van der Waals surface area (Å²) >= 11 is 0. The van der Waals surface area contributed by atoms with Gasteiger partial charge in [-0.3, -0.25) is 4.79 Å². The molecule has 0 aliphatic rings. The van der Waals surface area contributed by atoms with E-state index >= 15 is 0 Å². The highest BCUT2D eigenvalue weighted by Crippen LogP contribution is 2.29. The van der Waals surface area contributed by atoms with Gasteiger partial charge in [-0.2, -0.15) is 0 Å². The molecule has 1 heterocycles. The zero-order valence-electron chi connectivity index (χ0n) is 11.5. The Morgan fingerprint density at radius 3 is 2.85 bits per heavy atom. The van der Waals surface area contributed by atoms with Gasteiger partial charge in [-0.05, 0) is 38.0 Å². The number of benzene rings is 1. The van der Waals surface area contributed by atoms with Gasteiger partial charge in [0.15, 0.2) is 0 Å². The normalized spacial score (nSPS) is 10.5. The monoisotopic (exact) mass is 275 g/mol. The molecule has 20 heavy (non-hydrogen) atoms. The molecule has 0 aliphatic carbocycles. The quantitative estimate of drug-likeness (QED) is 0.819. The lowest BCUT2D eigenvalue weighted by atomic mass is 10.0. The van der Waals surface area contributed by atoms with Crippen LogP contribution in [0.2, 0.25) is 0 Å². The van der Waals surface area contributed by atoms with Crippen LogP contribution in [0.1, 0.15) is 24.3 Å². The SMILES string of the molecule is Cc1noc(C)c1-c1cccc(OCCCC(=O)O)c1. The summed E-state index contributed by atoms with van der Waals surface area (Å²) in [6.07, 6.45) is 0.606. The predicted octanol–water partition coefficient (Wildman–Crippen LogP) is 3.20. The Labute approximate surface area is 117 Å². The lowest BCUT2D eigenvalue weighted by Crippen LogP contribution is -2.02. The van der Waals surface area contributed by atoms with Crippen LogP contribution in [0.4, 0.5) is 0 Å². The molecule has 1 aromatic carbocycles. The van der Waals surface area contributed by atoms with Crippen molar-refractivity contribution in [2.75, 3.05) is 6.61 Å². The summed E-state index contributed by atoms with van der Waals surface area (Å²) in [5.74, 6) is 0.677.